The van der Waals surface area contributed by atoms with Gasteiger partial charge in [0.25, 0.3) is 0 Å². The van der Waals surface area contributed by atoms with Crippen LogP contribution in [0.1, 0.15) is 0 Å². The van der Waals surface area contributed by atoms with Crippen molar-refractivity contribution >= 4 is 23.7 Å². The van der Waals surface area contributed by atoms with E-state index < -0.39 is 5.82 Å². The summed E-state index contributed by atoms with van der Waals surface area (Å²) < 4.78 is 13.0. The van der Waals surface area contributed by atoms with Gasteiger partial charge < -0.3 is 9.80 Å². The van der Waals surface area contributed by atoms with E-state index in [4.69, 9.17) is 11.6 Å². The first-order chi connectivity index (χ1) is 7.70. The van der Waals surface area contributed by atoms with Gasteiger partial charge in [0, 0.05) is 31.9 Å². The Morgan fingerprint density at radius 2 is 1.94 bits per heavy atom. The molecule has 0 N–H and O–H groups in total. The van der Waals surface area contributed by atoms with Crippen LogP contribution in [-0.2, 0) is 4.79 Å². The van der Waals surface area contributed by atoms with E-state index in [1.807, 2.05) is 0 Å². The molecule has 1 heterocycles. The van der Waals surface area contributed by atoms with Crippen molar-refractivity contribution in [2.24, 2.45) is 0 Å². The number of anilines is 1. The molecule has 16 heavy (non-hydrogen) atoms. The van der Waals surface area contributed by atoms with Crippen LogP contribution in [-0.4, -0.2) is 37.5 Å². The first-order valence-corrected chi connectivity index (χ1v) is 5.48. The van der Waals surface area contributed by atoms with E-state index >= 15 is 0 Å². The number of hydrogen-bond donors (Lipinski definition) is 0. The summed E-state index contributed by atoms with van der Waals surface area (Å²) in [6.07, 6.45) is 0.856. The van der Waals surface area contributed by atoms with E-state index in [0.29, 0.717) is 13.1 Å². The Balaban J connectivity index is 2.08. The molecule has 0 bridgehead atoms. The summed E-state index contributed by atoms with van der Waals surface area (Å²) in [6.45, 7) is 2.89. The highest BCUT2D eigenvalue weighted by Gasteiger charge is 2.16. The van der Waals surface area contributed by atoms with Crippen molar-refractivity contribution < 1.29 is 9.18 Å². The highest BCUT2D eigenvalue weighted by Crippen LogP contribution is 2.23. The monoisotopic (exact) mass is 242 g/mol. The number of rotatable bonds is 2. The summed E-state index contributed by atoms with van der Waals surface area (Å²) in [7, 11) is 0. The van der Waals surface area contributed by atoms with Crippen molar-refractivity contribution in [2.75, 3.05) is 31.1 Å². The number of amides is 1. The van der Waals surface area contributed by atoms with Crippen LogP contribution >= 0.6 is 11.6 Å². The van der Waals surface area contributed by atoms with Crippen molar-refractivity contribution in [3.8, 4) is 0 Å². The van der Waals surface area contributed by atoms with E-state index in [1.54, 1.807) is 17.0 Å². The van der Waals surface area contributed by atoms with Crippen LogP contribution in [0.5, 0.6) is 0 Å². The van der Waals surface area contributed by atoms with E-state index in [2.05, 4.69) is 4.90 Å². The number of nitrogens with zero attached hydrogens (tertiary/aromatic N) is 2. The van der Waals surface area contributed by atoms with Gasteiger partial charge in [-0.05, 0) is 18.2 Å². The van der Waals surface area contributed by atoms with Gasteiger partial charge in [-0.25, -0.2) is 4.39 Å². The molecule has 0 unspecified atom stereocenters. The van der Waals surface area contributed by atoms with Gasteiger partial charge in [0.1, 0.15) is 5.82 Å². The first kappa shape index (κ1) is 11.2. The van der Waals surface area contributed by atoms with Gasteiger partial charge in [0.05, 0.1) is 5.02 Å². The average Bonchev–Trinajstić information content (AvgIpc) is 2.33. The molecule has 1 aromatic carbocycles. The molecule has 0 radical (unpaired) electrons. The zero-order valence-electron chi connectivity index (χ0n) is 8.70. The Hall–Kier alpha value is -1.29. The average molecular weight is 243 g/mol. The second kappa shape index (κ2) is 4.70. The molecule has 1 saturated heterocycles. The minimum absolute atomic E-state index is 0.135. The quantitative estimate of drug-likeness (QED) is 0.738. The molecule has 1 aliphatic heterocycles. The maximum absolute atomic E-state index is 13.0. The normalized spacial score (nSPS) is 16.4. The predicted octanol–water partition coefficient (Wildman–Crippen LogP) is 1.76. The minimum Gasteiger partial charge on any atom is -0.368 e. The number of benzene rings is 1. The molecule has 1 amide bonds. The van der Waals surface area contributed by atoms with Crippen molar-refractivity contribution in [3.63, 3.8) is 0 Å². The highest BCUT2D eigenvalue weighted by atomic mass is 35.5. The SMILES string of the molecule is O=CN1CCN(c2ccc(F)c(Cl)c2)CC1. The van der Waals surface area contributed by atoms with Crippen LogP contribution in [0.25, 0.3) is 0 Å². The lowest BCUT2D eigenvalue weighted by Crippen LogP contribution is -2.45. The molecule has 86 valence electrons. The minimum atomic E-state index is -0.406. The molecule has 5 heteroatoms. The van der Waals surface area contributed by atoms with Gasteiger partial charge in [-0.2, -0.15) is 0 Å². The van der Waals surface area contributed by atoms with Gasteiger partial charge in [-0.15, -0.1) is 0 Å². The van der Waals surface area contributed by atoms with Gasteiger partial charge in [-0.1, -0.05) is 11.6 Å². The molecular formula is C11H12ClFN2O. The maximum atomic E-state index is 13.0. The van der Waals surface area contributed by atoms with Crippen molar-refractivity contribution in [3.05, 3.63) is 29.0 Å². The van der Waals surface area contributed by atoms with Crippen molar-refractivity contribution in [2.45, 2.75) is 0 Å². The van der Waals surface area contributed by atoms with Crippen LogP contribution in [0.4, 0.5) is 10.1 Å². The maximum Gasteiger partial charge on any atom is 0.209 e. The van der Waals surface area contributed by atoms with Crippen molar-refractivity contribution in [1.82, 2.24) is 4.90 Å². The Morgan fingerprint density at radius 1 is 1.25 bits per heavy atom. The van der Waals surface area contributed by atoms with Gasteiger partial charge in [0.2, 0.25) is 6.41 Å². The summed E-state index contributed by atoms with van der Waals surface area (Å²) in [5.41, 5.74) is 0.900. The van der Waals surface area contributed by atoms with Crippen molar-refractivity contribution in [1.29, 1.82) is 0 Å². The standard InChI is InChI=1S/C11H12ClFN2O/c12-10-7-9(1-2-11(10)13)15-5-3-14(8-16)4-6-15/h1-2,7-8H,3-6H2. The Morgan fingerprint density at radius 3 is 2.50 bits per heavy atom. The summed E-state index contributed by atoms with van der Waals surface area (Å²) >= 11 is 5.72. The third-order valence-electron chi connectivity index (χ3n) is 2.73. The molecule has 2 rings (SSSR count). The fraction of sp³-hybridized carbons (Fsp3) is 0.364. The lowest BCUT2D eigenvalue weighted by Gasteiger charge is -2.34. The van der Waals surface area contributed by atoms with E-state index in [-0.39, 0.29) is 5.02 Å². The second-order valence-electron chi connectivity index (χ2n) is 3.73. The topological polar surface area (TPSA) is 23.6 Å². The Bertz CT molecular complexity index is 392. The predicted molar refractivity (Wildman–Crippen MR) is 61.3 cm³/mol. The van der Waals surface area contributed by atoms with E-state index in [1.165, 1.54) is 6.07 Å². The smallest absolute Gasteiger partial charge is 0.209 e. The zero-order chi connectivity index (χ0) is 11.5. The van der Waals surface area contributed by atoms with Crippen LogP contribution in [0.3, 0.4) is 0 Å². The summed E-state index contributed by atoms with van der Waals surface area (Å²) in [6, 6.07) is 4.69. The van der Waals surface area contributed by atoms with Gasteiger partial charge in [-0.3, -0.25) is 4.79 Å². The first-order valence-electron chi connectivity index (χ1n) is 5.10. The van der Waals surface area contributed by atoms with Crippen LogP contribution in [0.15, 0.2) is 18.2 Å². The van der Waals surface area contributed by atoms with E-state index in [0.717, 1.165) is 25.2 Å². The highest BCUT2D eigenvalue weighted by molar-refractivity contribution is 6.31. The van der Waals surface area contributed by atoms with Gasteiger partial charge in [0.15, 0.2) is 0 Å². The van der Waals surface area contributed by atoms with Crippen LogP contribution < -0.4 is 4.90 Å². The number of carbonyl (C=O) groups is 1. The molecule has 0 aromatic heterocycles. The summed E-state index contributed by atoms with van der Waals surface area (Å²) in [5, 5.41) is 0.135. The lowest BCUT2D eigenvalue weighted by molar-refractivity contribution is -0.118. The number of halogens is 2. The summed E-state index contributed by atoms with van der Waals surface area (Å²) in [5.74, 6) is -0.406. The van der Waals surface area contributed by atoms with Crippen LogP contribution in [0, 0.1) is 5.82 Å². The number of hydrogen-bond acceptors (Lipinski definition) is 2. The van der Waals surface area contributed by atoms with Gasteiger partial charge >= 0.3 is 0 Å². The third kappa shape index (κ3) is 2.27. The third-order valence-corrected chi connectivity index (χ3v) is 3.02. The molecule has 1 aromatic rings. The molecule has 1 aliphatic rings. The van der Waals surface area contributed by atoms with Crippen LogP contribution in [0.2, 0.25) is 5.02 Å². The number of piperazine rings is 1. The zero-order valence-corrected chi connectivity index (χ0v) is 9.45. The molecular weight excluding hydrogens is 231 g/mol. The molecule has 0 aliphatic carbocycles. The largest absolute Gasteiger partial charge is 0.368 e. The Kier molecular flexibility index (Phi) is 3.29. The molecule has 0 spiro atoms. The molecule has 0 saturated carbocycles. The fourth-order valence-corrected chi connectivity index (χ4v) is 1.94. The molecule has 3 nitrogen and oxygen atoms in total. The lowest BCUT2D eigenvalue weighted by atomic mass is 10.2. The fourth-order valence-electron chi connectivity index (χ4n) is 1.77. The second-order valence-corrected chi connectivity index (χ2v) is 4.13. The number of carbonyl (C=O) groups excluding carboxylic acids is 1. The summed E-state index contributed by atoms with van der Waals surface area (Å²) in [4.78, 5) is 14.4. The molecule has 1 fully saturated rings. The molecule has 0 atom stereocenters. The van der Waals surface area contributed by atoms with E-state index in [9.17, 15) is 9.18 Å². The Labute approximate surface area is 98.4 Å².